The van der Waals surface area contributed by atoms with E-state index >= 15 is 0 Å². The summed E-state index contributed by atoms with van der Waals surface area (Å²) in [5.74, 6) is -2.36. The maximum Gasteiger partial charge on any atom is 0.303 e. The van der Waals surface area contributed by atoms with Gasteiger partial charge in [0.05, 0.1) is 4.90 Å². The van der Waals surface area contributed by atoms with Crippen LogP contribution in [0.15, 0.2) is 47.4 Å². The van der Waals surface area contributed by atoms with Crippen LogP contribution in [0.3, 0.4) is 0 Å². The minimum Gasteiger partial charge on any atom is -0.481 e. The second kappa shape index (κ2) is 10.1. The Morgan fingerprint density at radius 1 is 1.10 bits per heavy atom. The van der Waals surface area contributed by atoms with Crippen LogP contribution in [0.4, 0.5) is 8.78 Å². The largest absolute Gasteiger partial charge is 0.481 e. The summed E-state index contributed by atoms with van der Waals surface area (Å²) >= 11 is 5.87. The molecule has 157 valence electrons. The molecule has 9 heteroatoms. The van der Waals surface area contributed by atoms with E-state index in [1.807, 2.05) is 0 Å². The van der Waals surface area contributed by atoms with Gasteiger partial charge in [-0.3, -0.25) is 4.79 Å². The van der Waals surface area contributed by atoms with E-state index in [1.54, 1.807) is 0 Å². The van der Waals surface area contributed by atoms with Gasteiger partial charge in [0, 0.05) is 46.6 Å². The van der Waals surface area contributed by atoms with Gasteiger partial charge < -0.3 is 5.11 Å². The zero-order chi connectivity index (χ0) is 21.2. The molecule has 1 N–H and O–H groups in total. The van der Waals surface area contributed by atoms with Crippen LogP contribution in [0.5, 0.6) is 0 Å². The average molecular weight is 466 g/mol. The Morgan fingerprint density at radius 2 is 1.70 bits per heavy atom. The van der Waals surface area contributed by atoms with Crippen molar-refractivity contribution in [2.45, 2.75) is 48.2 Å². The van der Waals surface area contributed by atoms with Crippen LogP contribution in [-0.2, 0) is 19.4 Å². The zero-order valence-corrected chi connectivity index (χ0v) is 20.1. The maximum atomic E-state index is 14.7. The summed E-state index contributed by atoms with van der Waals surface area (Å²) in [5, 5.41) is 9.26. The number of hydrogen-bond donors (Lipinski definition) is 1. The van der Waals surface area contributed by atoms with Gasteiger partial charge in [-0.25, -0.2) is 17.2 Å². The fraction of sp³-hybridized carbons (Fsp3) is 0.381. The summed E-state index contributed by atoms with van der Waals surface area (Å²) < 4.78 is 54.3. The third-order valence-corrected chi connectivity index (χ3v) is 8.54. The van der Waals surface area contributed by atoms with Gasteiger partial charge in [0.25, 0.3) is 0 Å². The van der Waals surface area contributed by atoms with Crippen molar-refractivity contribution < 1.29 is 27.1 Å². The van der Waals surface area contributed by atoms with Crippen LogP contribution in [-0.4, -0.2) is 49.1 Å². The molecule has 0 bridgehead atoms. The molecule has 1 aliphatic carbocycles. The molecule has 1 saturated carbocycles. The summed E-state index contributed by atoms with van der Waals surface area (Å²) in [4.78, 5) is 10.8. The van der Waals surface area contributed by atoms with E-state index in [2.05, 4.69) is 0 Å². The number of aliphatic carboxylic acids is 1. The second-order valence-corrected chi connectivity index (χ2v) is 10.1. The van der Waals surface area contributed by atoms with Crippen molar-refractivity contribution in [1.29, 1.82) is 0 Å². The Morgan fingerprint density at radius 3 is 2.27 bits per heavy atom. The summed E-state index contributed by atoms with van der Waals surface area (Å²) in [6.07, 6.45) is 1.42. The van der Waals surface area contributed by atoms with Gasteiger partial charge in [-0.2, -0.15) is 0 Å². The zero-order valence-electron chi connectivity index (χ0n) is 16.6. The van der Waals surface area contributed by atoms with E-state index in [0.717, 1.165) is 18.2 Å². The first-order chi connectivity index (χ1) is 13.7. The molecule has 0 aromatic heterocycles. The molecule has 30 heavy (non-hydrogen) atoms. The van der Waals surface area contributed by atoms with Crippen LogP contribution in [0.2, 0.25) is 5.02 Å². The topological polar surface area (TPSA) is 71.4 Å². The molecule has 0 spiro atoms. The van der Waals surface area contributed by atoms with Crippen molar-refractivity contribution in [1.82, 2.24) is 0 Å². The summed E-state index contributed by atoms with van der Waals surface area (Å²) in [7, 11) is -4.07. The van der Waals surface area contributed by atoms with E-state index in [-0.39, 0.29) is 65.2 Å². The Kier molecular flexibility index (Phi) is 8.50. The van der Waals surface area contributed by atoms with Crippen LogP contribution in [0.1, 0.15) is 44.1 Å². The minimum atomic E-state index is -4.07. The van der Waals surface area contributed by atoms with Crippen molar-refractivity contribution in [3.05, 3.63) is 64.7 Å². The van der Waals surface area contributed by atoms with E-state index < -0.39 is 32.2 Å². The summed E-state index contributed by atoms with van der Waals surface area (Å²) in [5.41, 5.74) is -0.177. The number of sulfone groups is 1. The maximum absolute atomic E-state index is 14.7. The summed E-state index contributed by atoms with van der Waals surface area (Å²) in [6, 6.07) is 8.49. The van der Waals surface area contributed by atoms with Crippen molar-refractivity contribution in [3.8, 4) is 0 Å². The molecule has 0 aliphatic heterocycles. The molecule has 1 radical (unpaired) electrons. The van der Waals surface area contributed by atoms with Crippen molar-refractivity contribution >= 4 is 57.0 Å². The van der Waals surface area contributed by atoms with Crippen molar-refractivity contribution in [2.75, 3.05) is 0 Å². The van der Waals surface area contributed by atoms with E-state index in [4.69, 9.17) is 16.7 Å². The van der Waals surface area contributed by atoms with Gasteiger partial charge in [-0.1, -0.05) is 11.6 Å². The number of benzene rings is 2. The first-order valence-corrected chi connectivity index (χ1v) is 11.2. The quantitative estimate of drug-likeness (QED) is 0.612. The standard InChI is InChI=1S/C21H21ClF2O4S.Na/c22-15-2-5-17(6-3-15)29(27,28)21(18-13-16(23)4-7-19(18)24)11-9-14(10-12-21)1-8-20(25)26;/h2-7,13-14H,1,8-12H2,(H,25,26);. The fourth-order valence-electron chi connectivity index (χ4n) is 4.13. The molecule has 2 aromatic rings. The van der Waals surface area contributed by atoms with Gasteiger partial charge in [0.2, 0.25) is 0 Å². The van der Waals surface area contributed by atoms with Crippen LogP contribution in [0.25, 0.3) is 0 Å². The molecule has 3 rings (SSSR count). The Bertz CT molecular complexity index is 1000. The van der Waals surface area contributed by atoms with Crippen LogP contribution in [0, 0.1) is 17.6 Å². The van der Waals surface area contributed by atoms with E-state index in [0.29, 0.717) is 24.3 Å². The first kappa shape index (κ1) is 25.3. The first-order valence-electron chi connectivity index (χ1n) is 9.33. The molecular formula is C21H21ClF2NaO4S. The fourth-order valence-corrected chi connectivity index (χ4v) is 6.42. The Labute approximate surface area is 201 Å². The molecule has 4 nitrogen and oxygen atoms in total. The molecule has 0 unspecified atom stereocenters. The molecule has 1 aliphatic rings. The number of carbonyl (C=O) groups is 1. The monoisotopic (exact) mass is 465 g/mol. The van der Waals surface area contributed by atoms with Crippen molar-refractivity contribution in [3.63, 3.8) is 0 Å². The number of carboxylic acid groups (broad SMARTS) is 1. The van der Waals surface area contributed by atoms with Gasteiger partial charge in [-0.15, -0.1) is 0 Å². The van der Waals surface area contributed by atoms with Gasteiger partial charge in [0.15, 0.2) is 9.84 Å². The van der Waals surface area contributed by atoms with E-state index in [9.17, 15) is 22.0 Å². The molecule has 0 heterocycles. The average Bonchev–Trinajstić information content (AvgIpc) is 2.69. The predicted molar refractivity (Wildman–Crippen MR) is 111 cm³/mol. The van der Waals surface area contributed by atoms with Gasteiger partial charge in [-0.05, 0) is 80.5 Å². The van der Waals surface area contributed by atoms with Crippen molar-refractivity contribution in [2.24, 2.45) is 5.92 Å². The molecule has 0 atom stereocenters. The number of rotatable bonds is 6. The number of hydrogen-bond acceptors (Lipinski definition) is 3. The van der Waals surface area contributed by atoms with Gasteiger partial charge in [0.1, 0.15) is 16.4 Å². The molecule has 0 saturated heterocycles. The third kappa shape index (κ3) is 5.07. The van der Waals surface area contributed by atoms with Crippen LogP contribution >= 0.6 is 11.6 Å². The predicted octanol–water partition coefficient (Wildman–Crippen LogP) is 4.96. The minimum absolute atomic E-state index is 0. The molecule has 2 aromatic carbocycles. The number of halogens is 3. The smallest absolute Gasteiger partial charge is 0.303 e. The molecule has 1 fully saturated rings. The third-order valence-electron chi connectivity index (χ3n) is 5.74. The Hall–Kier alpha value is -0.990. The second-order valence-electron chi connectivity index (χ2n) is 7.45. The molecular weight excluding hydrogens is 445 g/mol. The SMILES string of the molecule is O=C(O)CCC1CCC(c2cc(F)ccc2F)(S(=O)(=O)c2ccc(Cl)cc2)CC1.[Na]. The summed E-state index contributed by atoms with van der Waals surface area (Å²) in [6.45, 7) is 0. The van der Waals surface area contributed by atoms with Crippen LogP contribution < -0.4 is 0 Å². The number of carboxylic acids is 1. The Balaban J connectivity index is 0.00000320. The van der Waals surface area contributed by atoms with Gasteiger partial charge >= 0.3 is 5.97 Å². The normalized spacial score (nSPS) is 21.6. The van der Waals surface area contributed by atoms with E-state index in [1.165, 1.54) is 24.3 Å². The molecule has 0 amide bonds.